The molecule has 104 valence electrons. The first-order valence-electron chi connectivity index (χ1n) is 6.40. The van der Waals surface area contributed by atoms with E-state index in [1.165, 1.54) is 12.1 Å². The number of hydrogen-bond acceptors (Lipinski definition) is 1. The Kier molecular flexibility index (Phi) is 3.83. The average molecular weight is 271 g/mol. The second kappa shape index (κ2) is 5.23. The molecule has 0 saturated carbocycles. The van der Waals surface area contributed by atoms with Gasteiger partial charge in [-0.2, -0.15) is 13.2 Å². The fourth-order valence-corrected chi connectivity index (χ4v) is 2.64. The lowest BCUT2D eigenvalue weighted by Crippen LogP contribution is -2.30. The van der Waals surface area contributed by atoms with Crippen molar-refractivity contribution in [2.75, 3.05) is 6.54 Å². The minimum Gasteiger partial charge on any atom is -0.336 e. The van der Waals surface area contributed by atoms with Gasteiger partial charge in [-0.25, -0.2) is 0 Å². The first kappa shape index (κ1) is 13.9. The molecule has 0 spiro atoms. The van der Waals surface area contributed by atoms with E-state index in [1.54, 1.807) is 17.9 Å². The largest absolute Gasteiger partial charge is 0.416 e. The van der Waals surface area contributed by atoms with E-state index >= 15 is 0 Å². The second-order valence-corrected chi connectivity index (χ2v) is 4.68. The van der Waals surface area contributed by atoms with Crippen LogP contribution in [-0.2, 0) is 11.0 Å². The average Bonchev–Trinajstić information content (AvgIpc) is 2.86. The Labute approximate surface area is 110 Å². The van der Waals surface area contributed by atoms with Gasteiger partial charge in [-0.05, 0) is 24.5 Å². The highest BCUT2D eigenvalue weighted by atomic mass is 19.4. The van der Waals surface area contributed by atoms with Crippen molar-refractivity contribution in [3.8, 4) is 0 Å². The van der Waals surface area contributed by atoms with Gasteiger partial charge in [0.25, 0.3) is 0 Å². The highest BCUT2D eigenvalue weighted by Crippen LogP contribution is 2.40. The van der Waals surface area contributed by atoms with Crippen molar-refractivity contribution in [3.05, 3.63) is 35.4 Å². The number of rotatable bonds is 2. The summed E-state index contributed by atoms with van der Waals surface area (Å²) in [6.45, 7) is 2.27. The summed E-state index contributed by atoms with van der Waals surface area (Å²) in [5.74, 6) is -0.0838. The lowest BCUT2D eigenvalue weighted by Gasteiger charge is -2.27. The lowest BCUT2D eigenvalue weighted by atomic mass is 9.98. The van der Waals surface area contributed by atoms with Crippen LogP contribution in [0.5, 0.6) is 0 Å². The Balaban J connectivity index is 2.39. The third kappa shape index (κ3) is 2.74. The number of nitrogens with zero attached hydrogens (tertiary/aromatic N) is 1. The van der Waals surface area contributed by atoms with E-state index in [0.717, 1.165) is 12.5 Å². The quantitative estimate of drug-likeness (QED) is 0.801. The van der Waals surface area contributed by atoms with Gasteiger partial charge in [-0.3, -0.25) is 4.79 Å². The summed E-state index contributed by atoms with van der Waals surface area (Å²) in [4.78, 5) is 13.4. The van der Waals surface area contributed by atoms with Gasteiger partial charge < -0.3 is 4.90 Å². The van der Waals surface area contributed by atoms with Crippen LogP contribution in [0, 0.1) is 0 Å². The lowest BCUT2D eigenvalue weighted by molar-refractivity contribution is -0.140. The van der Waals surface area contributed by atoms with Gasteiger partial charge in [-0.1, -0.05) is 25.1 Å². The molecular weight excluding hydrogens is 255 g/mol. The van der Waals surface area contributed by atoms with Crippen LogP contribution >= 0.6 is 0 Å². The van der Waals surface area contributed by atoms with Gasteiger partial charge >= 0.3 is 6.18 Å². The van der Waals surface area contributed by atoms with Crippen LogP contribution in [0.3, 0.4) is 0 Å². The van der Waals surface area contributed by atoms with Crippen LogP contribution in [0.15, 0.2) is 24.3 Å². The summed E-state index contributed by atoms with van der Waals surface area (Å²) in [5, 5.41) is 0. The van der Waals surface area contributed by atoms with E-state index in [9.17, 15) is 18.0 Å². The Morgan fingerprint density at radius 1 is 1.37 bits per heavy atom. The normalized spacial score (nSPS) is 19.8. The number of halogens is 3. The highest BCUT2D eigenvalue weighted by molar-refractivity contribution is 5.76. The molecule has 1 aromatic rings. The van der Waals surface area contributed by atoms with Crippen molar-refractivity contribution in [1.82, 2.24) is 4.90 Å². The van der Waals surface area contributed by atoms with Gasteiger partial charge in [0.05, 0.1) is 11.6 Å². The number of carbonyl (C=O) groups excluding carboxylic acids is 1. The van der Waals surface area contributed by atoms with Crippen molar-refractivity contribution < 1.29 is 18.0 Å². The van der Waals surface area contributed by atoms with E-state index in [0.29, 0.717) is 19.4 Å². The molecule has 1 aliphatic rings. The maximum atomic E-state index is 13.0. The SMILES string of the molecule is CCC(=O)N1CCCC1c1ccccc1C(F)(F)F. The molecule has 2 nitrogen and oxygen atoms in total. The summed E-state index contributed by atoms with van der Waals surface area (Å²) in [5.41, 5.74) is -0.412. The molecule has 2 rings (SSSR count). The first-order chi connectivity index (χ1) is 8.95. The van der Waals surface area contributed by atoms with Crippen molar-refractivity contribution in [1.29, 1.82) is 0 Å². The van der Waals surface area contributed by atoms with Crippen molar-refractivity contribution >= 4 is 5.91 Å². The zero-order valence-electron chi connectivity index (χ0n) is 10.7. The summed E-state index contributed by atoms with van der Waals surface area (Å²) in [6, 6.07) is 5.10. The van der Waals surface area contributed by atoms with E-state index in [2.05, 4.69) is 0 Å². The molecule has 1 saturated heterocycles. The van der Waals surface area contributed by atoms with Crippen LogP contribution in [0.2, 0.25) is 0 Å². The molecule has 1 unspecified atom stereocenters. The van der Waals surface area contributed by atoms with Crippen LogP contribution in [0.25, 0.3) is 0 Å². The van der Waals surface area contributed by atoms with Gasteiger partial charge in [-0.15, -0.1) is 0 Å². The van der Waals surface area contributed by atoms with Crippen molar-refractivity contribution in [3.63, 3.8) is 0 Å². The van der Waals surface area contributed by atoms with Gasteiger partial charge in [0.2, 0.25) is 5.91 Å². The van der Waals surface area contributed by atoms with Gasteiger partial charge in [0, 0.05) is 13.0 Å². The maximum Gasteiger partial charge on any atom is 0.416 e. The molecule has 1 fully saturated rings. The Morgan fingerprint density at radius 2 is 2.05 bits per heavy atom. The molecule has 1 heterocycles. The second-order valence-electron chi connectivity index (χ2n) is 4.68. The van der Waals surface area contributed by atoms with Gasteiger partial charge in [0.15, 0.2) is 0 Å². The Bertz CT molecular complexity index is 470. The van der Waals surface area contributed by atoms with Crippen molar-refractivity contribution in [2.24, 2.45) is 0 Å². The number of benzene rings is 1. The highest BCUT2D eigenvalue weighted by Gasteiger charge is 2.38. The summed E-state index contributed by atoms with van der Waals surface area (Å²) >= 11 is 0. The first-order valence-corrected chi connectivity index (χ1v) is 6.40. The standard InChI is InChI=1S/C14H16F3NO/c1-2-13(19)18-9-5-8-12(18)10-6-3-4-7-11(10)14(15,16)17/h3-4,6-7,12H,2,5,8-9H2,1H3. The topological polar surface area (TPSA) is 20.3 Å². The van der Waals surface area contributed by atoms with Crippen LogP contribution in [0.1, 0.15) is 43.4 Å². The van der Waals surface area contributed by atoms with Crippen LogP contribution < -0.4 is 0 Å². The molecule has 0 aliphatic carbocycles. The molecule has 0 N–H and O–H groups in total. The molecule has 1 aliphatic heterocycles. The van der Waals surface area contributed by atoms with E-state index in [1.807, 2.05) is 0 Å². The fraction of sp³-hybridized carbons (Fsp3) is 0.500. The fourth-order valence-electron chi connectivity index (χ4n) is 2.64. The van der Waals surface area contributed by atoms with Gasteiger partial charge in [0.1, 0.15) is 0 Å². The predicted molar refractivity (Wildman–Crippen MR) is 65.4 cm³/mol. The van der Waals surface area contributed by atoms with Crippen LogP contribution in [0.4, 0.5) is 13.2 Å². The number of amides is 1. The summed E-state index contributed by atoms with van der Waals surface area (Å²) in [6.07, 6.45) is -2.70. The summed E-state index contributed by atoms with van der Waals surface area (Å²) in [7, 11) is 0. The van der Waals surface area contributed by atoms with E-state index < -0.39 is 17.8 Å². The number of hydrogen-bond donors (Lipinski definition) is 0. The van der Waals surface area contributed by atoms with Crippen LogP contribution in [-0.4, -0.2) is 17.4 Å². The zero-order valence-corrected chi connectivity index (χ0v) is 10.7. The van der Waals surface area contributed by atoms with E-state index in [4.69, 9.17) is 0 Å². The zero-order chi connectivity index (χ0) is 14.0. The molecule has 1 aromatic carbocycles. The minimum atomic E-state index is -4.37. The Morgan fingerprint density at radius 3 is 2.68 bits per heavy atom. The number of alkyl halides is 3. The third-order valence-corrected chi connectivity index (χ3v) is 3.50. The molecule has 1 amide bonds. The molecular formula is C14H16F3NO. The molecule has 0 bridgehead atoms. The third-order valence-electron chi connectivity index (χ3n) is 3.50. The van der Waals surface area contributed by atoms with Crippen molar-refractivity contribution in [2.45, 2.75) is 38.4 Å². The summed E-state index contributed by atoms with van der Waals surface area (Å²) < 4.78 is 39.0. The monoisotopic (exact) mass is 271 g/mol. The maximum absolute atomic E-state index is 13.0. The molecule has 5 heteroatoms. The smallest absolute Gasteiger partial charge is 0.336 e. The molecule has 19 heavy (non-hydrogen) atoms. The predicted octanol–water partition coefficient (Wildman–Crippen LogP) is 3.78. The molecule has 1 atom stereocenters. The minimum absolute atomic E-state index is 0.0838. The molecule has 0 aromatic heterocycles. The number of likely N-dealkylation sites (tertiary alicyclic amines) is 1. The number of carbonyl (C=O) groups is 1. The molecule has 0 radical (unpaired) electrons. The van der Waals surface area contributed by atoms with E-state index in [-0.39, 0.29) is 11.5 Å². The Hall–Kier alpha value is -1.52.